The molecule has 3 aromatic rings. The minimum atomic E-state index is -0.346. The summed E-state index contributed by atoms with van der Waals surface area (Å²) in [5, 5.41) is 6.10. The molecule has 2 N–H and O–H groups in total. The number of ether oxygens (including phenoxy) is 2. The number of methoxy groups -OCH3 is 1. The fraction of sp³-hybridized carbons (Fsp3) is 0.222. The van der Waals surface area contributed by atoms with Crippen LogP contribution in [0.4, 0.5) is 15.6 Å². The number of nitrogens with zero attached hydrogens (tertiary/aromatic N) is 1. The summed E-state index contributed by atoms with van der Waals surface area (Å²) in [4.78, 5) is 16.7. The van der Waals surface area contributed by atoms with Gasteiger partial charge in [-0.1, -0.05) is 29.5 Å². The number of aromatic nitrogens is 1. The highest BCUT2D eigenvalue weighted by Gasteiger charge is 2.11. The number of carbonyl (C=O) groups excluding carboxylic acids is 1. The SMILES string of the molecule is CCOc1cccc(NC(=O)Nc2nc3c(COC)cccc3s2)c1. The van der Waals surface area contributed by atoms with Gasteiger partial charge in [0.25, 0.3) is 0 Å². The number of carbonyl (C=O) groups is 1. The summed E-state index contributed by atoms with van der Waals surface area (Å²) in [7, 11) is 1.65. The zero-order valence-electron chi connectivity index (χ0n) is 14.0. The van der Waals surface area contributed by atoms with E-state index in [1.807, 2.05) is 37.3 Å². The van der Waals surface area contributed by atoms with E-state index in [1.165, 1.54) is 11.3 Å². The number of fused-ring (bicyclic) bond motifs is 1. The van der Waals surface area contributed by atoms with Crippen LogP contribution >= 0.6 is 11.3 Å². The Morgan fingerprint density at radius 2 is 2.04 bits per heavy atom. The number of benzene rings is 2. The van der Waals surface area contributed by atoms with Crippen molar-refractivity contribution in [3.8, 4) is 5.75 Å². The quantitative estimate of drug-likeness (QED) is 0.682. The van der Waals surface area contributed by atoms with Gasteiger partial charge in [0.15, 0.2) is 5.13 Å². The van der Waals surface area contributed by atoms with Gasteiger partial charge in [0, 0.05) is 24.4 Å². The minimum Gasteiger partial charge on any atom is -0.494 e. The fourth-order valence-electron chi connectivity index (χ4n) is 2.42. The lowest BCUT2D eigenvalue weighted by Crippen LogP contribution is -2.19. The maximum Gasteiger partial charge on any atom is 0.325 e. The van der Waals surface area contributed by atoms with Gasteiger partial charge in [-0.2, -0.15) is 0 Å². The van der Waals surface area contributed by atoms with Crippen molar-refractivity contribution in [2.45, 2.75) is 13.5 Å². The number of hydrogen-bond donors (Lipinski definition) is 2. The van der Waals surface area contributed by atoms with E-state index < -0.39 is 0 Å². The van der Waals surface area contributed by atoms with Crippen LogP contribution in [0.1, 0.15) is 12.5 Å². The molecule has 3 rings (SSSR count). The normalized spacial score (nSPS) is 10.6. The average Bonchev–Trinajstić information content (AvgIpc) is 2.99. The molecule has 0 unspecified atom stereocenters. The Morgan fingerprint density at radius 3 is 2.84 bits per heavy atom. The zero-order chi connectivity index (χ0) is 17.6. The van der Waals surface area contributed by atoms with Gasteiger partial charge in [-0.25, -0.2) is 9.78 Å². The molecule has 0 aliphatic rings. The summed E-state index contributed by atoms with van der Waals surface area (Å²) < 4.78 is 11.6. The Labute approximate surface area is 149 Å². The van der Waals surface area contributed by atoms with Gasteiger partial charge in [-0.05, 0) is 25.1 Å². The van der Waals surface area contributed by atoms with Crippen LogP contribution in [0, 0.1) is 0 Å². The van der Waals surface area contributed by atoms with E-state index >= 15 is 0 Å². The van der Waals surface area contributed by atoms with Gasteiger partial charge in [0.05, 0.1) is 23.4 Å². The highest BCUT2D eigenvalue weighted by molar-refractivity contribution is 7.22. The third kappa shape index (κ3) is 4.26. The zero-order valence-corrected chi connectivity index (χ0v) is 14.9. The van der Waals surface area contributed by atoms with Crippen LogP contribution in [0.5, 0.6) is 5.75 Å². The van der Waals surface area contributed by atoms with Crippen LogP contribution < -0.4 is 15.4 Å². The monoisotopic (exact) mass is 357 g/mol. The lowest BCUT2D eigenvalue weighted by Gasteiger charge is -2.07. The molecule has 0 radical (unpaired) electrons. The van der Waals surface area contributed by atoms with Gasteiger partial charge in [0.2, 0.25) is 0 Å². The lowest BCUT2D eigenvalue weighted by molar-refractivity contribution is 0.186. The molecule has 1 heterocycles. The van der Waals surface area contributed by atoms with E-state index in [4.69, 9.17) is 9.47 Å². The van der Waals surface area contributed by atoms with Gasteiger partial charge < -0.3 is 14.8 Å². The molecule has 0 fully saturated rings. The van der Waals surface area contributed by atoms with Crippen molar-refractivity contribution in [2.24, 2.45) is 0 Å². The first-order valence-corrected chi connectivity index (χ1v) is 8.69. The van der Waals surface area contributed by atoms with E-state index in [-0.39, 0.29) is 6.03 Å². The first kappa shape index (κ1) is 17.2. The molecular weight excluding hydrogens is 338 g/mol. The molecule has 6 nitrogen and oxygen atoms in total. The van der Waals surface area contributed by atoms with Gasteiger partial charge in [0.1, 0.15) is 5.75 Å². The Kier molecular flexibility index (Phi) is 5.47. The van der Waals surface area contributed by atoms with Crippen molar-refractivity contribution in [3.05, 3.63) is 48.0 Å². The summed E-state index contributed by atoms with van der Waals surface area (Å²) in [5.41, 5.74) is 2.50. The standard InChI is InChI=1S/C18H19N3O3S/c1-3-24-14-8-5-7-13(10-14)19-17(22)21-18-20-16-12(11-23-2)6-4-9-15(16)25-18/h4-10H,3,11H2,1-2H3,(H2,19,20,21,22). The maximum absolute atomic E-state index is 12.2. The van der Waals surface area contributed by atoms with Crippen LogP contribution in [-0.4, -0.2) is 24.7 Å². The van der Waals surface area contributed by atoms with Crippen LogP contribution in [0.15, 0.2) is 42.5 Å². The summed E-state index contributed by atoms with van der Waals surface area (Å²) in [6.45, 7) is 2.97. The fourth-order valence-corrected chi connectivity index (χ4v) is 3.33. The molecule has 0 aliphatic carbocycles. The Bertz CT molecular complexity index is 879. The summed E-state index contributed by atoms with van der Waals surface area (Å²) in [6, 6.07) is 12.8. The van der Waals surface area contributed by atoms with E-state index in [0.29, 0.717) is 29.8 Å². The third-order valence-electron chi connectivity index (χ3n) is 3.43. The lowest BCUT2D eigenvalue weighted by atomic mass is 10.2. The van der Waals surface area contributed by atoms with E-state index in [9.17, 15) is 4.79 Å². The van der Waals surface area contributed by atoms with Crippen molar-refractivity contribution in [1.82, 2.24) is 4.98 Å². The second-order valence-corrected chi connectivity index (χ2v) is 6.29. The van der Waals surface area contributed by atoms with Crippen molar-refractivity contribution in [3.63, 3.8) is 0 Å². The molecule has 7 heteroatoms. The van der Waals surface area contributed by atoms with Crippen molar-refractivity contribution < 1.29 is 14.3 Å². The first-order valence-electron chi connectivity index (χ1n) is 7.88. The number of para-hydroxylation sites is 1. The predicted molar refractivity (Wildman–Crippen MR) is 101 cm³/mol. The highest BCUT2D eigenvalue weighted by Crippen LogP contribution is 2.28. The number of thiazole rings is 1. The molecule has 1 aromatic heterocycles. The predicted octanol–water partition coefficient (Wildman–Crippen LogP) is 4.49. The van der Waals surface area contributed by atoms with Gasteiger partial charge in [-0.15, -0.1) is 0 Å². The molecule has 0 saturated carbocycles. The maximum atomic E-state index is 12.2. The number of nitrogens with one attached hydrogen (secondary N) is 2. The Morgan fingerprint density at radius 1 is 1.20 bits per heavy atom. The second kappa shape index (κ2) is 7.96. The summed E-state index contributed by atoms with van der Waals surface area (Å²) in [6.07, 6.45) is 0. The van der Waals surface area contributed by atoms with Crippen molar-refractivity contribution in [2.75, 3.05) is 24.4 Å². The molecule has 0 spiro atoms. The molecule has 2 aromatic carbocycles. The topological polar surface area (TPSA) is 72.5 Å². The number of amides is 2. The van der Waals surface area contributed by atoms with Crippen molar-refractivity contribution in [1.29, 1.82) is 0 Å². The molecule has 130 valence electrons. The van der Waals surface area contributed by atoms with E-state index in [1.54, 1.807) is 19.2 Å². The third-order valence-corrected chi connectivity index (χ3v) is 4.36. The van der Waals surface area contributed by atoms with E-state index in [0.717, 1.165) is 15.8 Å². The van der Waals surface area contributed by atoms with Crippen molar-refractivity contribution >= 4 is 38.4 Å². The summed E-state index contributed by atoms with van der Waals surface area (Å²) in [5.74, 6) is 0.712. The largest absolute Gasteiger partial charge is 0.494 e. The van der Waals surface area contributed by atoms with E-state index in [2.05, 4.69) is 15.6 Å². The van der Waals surface area contributed by atoms with Crippen LogP contribution in [0.25, 0.3) is 10.2 Å². The number of rotatable bonds is 6. The van der Waals surface area contributed by atoms with Gasteiger partial charge in [-0.3, -0.25) is 5.32 Å². The second-order valence-electron chi connectivity index (χ2n) is 5.26. The van der Waals surface area contributed by atoms with Crippen LogP contribution in [0.2, 0.25) is 0 Å². The highest BCUT2D eigenvalue weighted by atomic mass is 32.1. The smallest absolute Gasteiger partial charge is 0.325 e. The first-order chi connectivity index (χ1) is 12.2. The molecule has 2 amide bonds. The average molecular weight is 357 g/mol. The number of anilines is 2. The number of hydrogen-bond acceptors (Lipinski definition) is 5. The van der Waals surface area contributed by atoms with Gasteiger partial charge >= 0.3 is 6.03 Å². The molecule has 0 atom stereocenters. The molecular formula is C18H19N3O3S. The minimum absolute atomic E-state index is 0.346. The molecule has 0 saturated heterocycles. The Balaban J connectivity index is 1.71. The molecule has 25 heavy (non-hydrogen) atoms. The summed E-state index contributed by atoms with van der Waals surface area (Å²) >= 11 is 1.42. The Hall–Kier alpha value is -2.64. The number of urea groups is 1. The van der Waals surface area contributed by atoms with Crippen LogP contribution in [0.3, 0.4) is 0 Å². The molecule has 0 bridgehead atoms. The molecule has 0 aliphatic heterocycles. The van der Waals surface area contributed by atoms with Crippen LogP contribution in [-0.2, 0) is 11.3 Å².